The third kappa shape index (κ3) is 2.62. The van der Waals surface area contributed by atoms with E-state index >= 15 is 0 Å². The fraction of sp³-hybridized carbons (Fsp3) is 0.455. The van der Waals surface area contributed by atoms with E-state index in [1.54, 1.807) is 30.3 Å². The van der Waals surface area contributed by atoms with Crippen LogP contribution in [0, 0.1) is 0 Å². The van der Waals surface area contributed by atoms with Crippen LogP contribution >= 0.6 is 0 Å². The molecule has 0 amide bonds. The number of hydrogen-bond donors (Lipinski definition) is 0. The second-order valence-electron chi connectivity index (χ2n) is 4.54. The number of alkyl halides is 2. The van der Waals surface area contributed by atoms with Gasteiger partial charge in [0.15, 0.2) is 0 Å². The smallest absolute Gasteiger partial charge is 0.207 e. The molecule has 94 valence electrons. The maximum absolute atomic E-state index is 13.0. The van der Waals surface area contributed by atoms with Gasteiger partial charge in [0.05, 0.1) is 5.75 Å². The van der Waals surface area contributed by atoms with Gasteiger partial charge < -0.3 is 0 Å². The molecule has 1 aliphatic carbocycles. The van der Waals surface area contributed by atoms with Gasteiger partial charge in [0.1, 0.15) is 0 Å². The molecule has 1 fully saturated rings. The minimum absolute atomic E-state index is 0.451. The molecule has 0 radical (unpaired) electrons. The summed E-state index contributed by atoms with van der Waals surface area (Å²) in [5.41, 5.74) is -0.828. The largest absolute Gasteiger partial charge is 0.303 e. The summed E-state index contributed by atoms with van der Waals surface area (Å²) in [5, 5.41) is 0. The van der Waals surface area contributed by atoms with Gasteiger partial charge in [-0.3, -0.25) is 0 Å². The van der Waals surface area contributed by atoms with Crippen molar-refractivity contribution >= 4 is 10.2 Å². The van der Waals surface area contributed by atoms with E-state index in [0.717, 1.165) is 0 Å². The lowest BCUT2D eigenvalue weighted by Gasteiger charge is -2.46. The van der Waals surface area contributed by atoms with Gasteiger partial charge in [0.25, 0.3) is 0 Å². The van der Waals surface area contributed by atoms with Gasteiger partial charge in [0, 0.05) is 18.3 Å². The van der Waals surface area contributed by atoms with Crippen LogP contribution in [0.2, 0.25) is 0 Å². The molecule has 0 aromatic heterocycles. The lowest BCUT2D eigenvalue weighted by molar-refractivity contribution is -0.119. The maximum atomic E-state index is 13.0. The molecule has 2 nitrogen and oxygen atoms in total. The molecule has 0 bridgehead atoms. The van der Waals surface area contributed by atoms with Crippen molar-refractivity contribution in [3.05, 3.63) is 35.9 Å². The molecule has 1 aromatic carbocycles. The lowest BCUT2D eigenvalue weighted by atomic mass is 9.63. The van der Waals surface area contributed by atoms with Crippen LogP contribution in [0.5, 0.6) is 0 Å². The van der Waals surface area contributed by atoms with Gasteiger partial charge in [-0.15, -0.1) is 3.89 Å². The van der Waals surface area contributed by atoms with Crippen molar-refractivity contribution in [3.63, 3.8) is 0 Å². The lowest BCUT2D eigenvalue weighted by Crippen LogP contribution is -2.52. The SMILES string of the molecule is O=S(=O)(F)CC1(c2ccccc2)CC(F)(F)C1. The van der Waals surface area contributed by atoms with Crippen molar-refractivity contribution in [2.75, 3.05) is 5.75 Å². The van der Waals surface area contributed by atoms with Gasteiger partial charge in [-0.05, 0) is 5.56 Å². The third-order valence-electron chi connectivity index (χ3n) is 3.03. The summed E-state index contributed by atoms with van der Waals surface area (Å²) in [7, 11) is -4.77. The van der Waals surface area contributed by atoms with Gasteiger partial charge >= 0.3 is 10.2 Å². The fourth-order valence-corrected chi connectivity index (χ4v) is 3.48. The number of benzene rings is 1. The quantitative estimate of drug-likeness (QED) is 0.786. The Balaban J connectivity index is 2.34. The summed E-state index contributed by atoms with van der Waals surface area (Å²) in [4.78, 5) is 0. The van der Waals surface area contributed by atoms with E-state index in [1.165, 1.54) is 0 Å². The van der Waals surface area contributed by atoms with Crippen LogP contribution in [-0.4, -0.2) is 20.1 Å². The average Bonchev–Trinajstić information content (AvgIpc) is 2.13. The highest BCUT2D eigenvalue weighted by molar-refractivity contribution is 7.86. The molecule has 0 saturated heterocycles. The van der Waals surface area contributed by atoms with Crippen LogP contribution in [0.3, 0.4) is 0 Å². The molecule has 6 heteroatoms. The van der Waals surface area contributed by atoms with Crippen LogP contribution in [-0.2, 0) is 15.6 Å². The van der Waals surface area contributed by atoms with Crippen molar-refractivity contribution in [1.29, 1.82) is 0 Å². The summed E-state index contributed by atoms with van der Waals surface area (Å²) in [6.07, 6.45) is -1.24. The van der Waals surface area contributed by atoms with E-state index in [2.05, 4.69) is 0 Å². The molecule has 1 aromatic rings. The van der Waals surface area contributed by atoms with Crippen molar-refractivity contribution in [2.24, 2.45) is 0 Å². The number of hydrogen-bond acceptors (Lipinski definition) is 2. The molecule has 17 heavy (non-hydrogen) atoms. The van der Waals surface area contributed by atoms with E-state index < -0.39 is 40.2 Å². The monoisotopic (exact) mass is 264 g/mol. The second-order valence-corrected chi connectivity index (χ2v) is 5.91. The molecular formula is C11H11F3O2S. The van der Waals surface area contributed by atoms with Crippen LogP contribution in [0.25, 0.3) is 0 Å². The Morgan fingerprint density at radius 1 is 1.12 bits per heavy atom. The molecule has 0 unspecified atom stereocenters. The Morgan fingerprint density at radius 3 is 2.06 bits per heavy atom. The van der Waals surface area contributed by atoms with E-state index in [9.17, 15) is 21.1 Å². The Hall–Kier alpha value is -1.04. The normalized spacial score (nSPS) is 21.8. The van der Waals surface area contributed by atoms with Gasteiger partial charge in [-0.1, -0.05) is 30.3 Å². The summed E-state index contributed by atoms with van der Waals surface area (Å²) < 4.78 is 60.1. The summed E-state index contributed by atoms with van der Waals surface area (Å²) >= 11 is 0. The number of rotatable bonds is 3. The molecule has 0 atom stereocenters. The molecule has 0 spiro atoms. The van der Waals surface area contributed by atoms with E-state index in [1.807, 2.05) is 0 Å². The zero-order chi connectivity index (χ0) is 12.7. The van der Waals surface area contributed by atoms with Crippen molar-refractivity contribution in [2.45, 2.75) is 24.2 Å². The minimum atomic E-state index is -4.77. The Labute approximate surface area is 97.7 Å². The zero-order valence-corrected chi connectivity index (χ0v) is 9.68. The summed E-state index contributed by atoms with van der Waals surface area (Å²) in [5.74, 6) is -3.78. The highest BCUT2D eigenvalue weighted by Gasteiger charge is 2.58. The van der Waals surface area contributed by atoms with E-state index in [0.29, 0.717) is 5.56 Å². The minimum Gasteiger partial charge on any atom is -0.207 e. The Bertz CT molecular complexity index is 503. The first-order valence-electron chi connectivity index (χ1n) is 5.08. The maximum Gasteiger partial charge on any atom is 0.303 e. The number of halogens is 3. The average molecular weight is 264 g/mol. The van der Waals surface area contributed by atoms with Crippen LogP contribution in [0.1, 0.15) is 18.4 Å². The van der Waals surface area contributed by atoms with Crippen molar-refractivity contribution < 1.29 is 21.1 Å². The molecule has 0 aliphatic heterocycles. The highest BCUT2D eigenvalue weighted by Crippen LogP contribution is 2.54. The predicted octanol–water partition coefficient (Wildman–Crippen LogP) is 2.65. The standard InChI is InChI=1S/C11H11F3O2S/c12-11(13)6-10(7-11,8-17(14,15)16)9-4-2-1-3-5-9/h1-5H,6-8H2. The molecule has 0 heterocycles. The topological polar surface area (TPSA) is 34.1 Å². The third-order valence-corrected chi connectivity index (χ3v) is 3.93. The van der Waals surface area contributed by atoms with Gasteiger partial charge in [-0.2, -0.15) is 8.42 Å². The zero-order valence-electron chi connectivity index (χ0n) is 8.87. The fourth-order valence-electron chi connectivity index (χ4n) is 2.45. The highest BCUT2D eigenvalue weighted by atomic mass is 32.3. The van der Waals surface area contributed by atoms with Crippen LogP contribution in [0.4, 0.5) is 12.7 Å². The molecule has 2 rings (SSSR count). The summed E-state index contributed by atoms with van der Waals surface area (Å²) in [6, 6.07) is 8.05. The van der Waals surface area contributed by atoms with Crippen molar-refractivity contribution in [3.8, 4) is 0 Å². The first-order valence-corrected chi connectivity index (χ1v) is 6.64. The van der Waals surface area contributed by atoms with Crippen LogP contribution in [0.15, 0.2) is 30.3 Å². The molecule has 1 saturated carbocycles. The predicted molar refractivity (Wildman–Crippen MR) is 57.2 cm³/mol. The summed E-state index contributed by atoms with van der Waals surface area (Å²) in [6.45, 7) is 0. The Morgan fingerprint density at radius 2 is 1.65 bits per heavy atom. The van der Waals surface area contributed by atoms with E-state index in [4.69, 9.17) is 0 Å². The van der Waals surface area contributed by atoms with Crippen molar-refractivity contribution in [1.82, 2.24) is 0 Å². The first-order chi connectivity index (χ1) is 7.73. The van der Waals surface area contributed by atoms with Crippen LogP contribution < -0.4 is 0 Å². The van der Waals surface area contributed by atoms with Gasteiger partial charge in [-0.25, -0.2) is 8.78 Å². The van der Waals surface area contributed by atoms with E-state index in [-0.39, 0.29) is 0 Å². The molecule has 0 N–H and O–H groups in total. The first kappa shape index (κ1) is 12.4. The molecular weight excluding hydrogens is 253 g/mol. The Kier molecular flexibility index (Phi) is 2.72. The molecule has 1 aliphatic rings. The van der Waals surface area contributed by atoms with Gasteiger partial charge in [0.2, 0.25) is 5.92 Å². The second kappa shape index (κ2) is 3.73.